The molecule has 1 aliphatic rings. The lowest BCUT2D eigenvalue weighted by atomic mass is 10.1. The zero-order valence-corrected chi connectivity index (χ0v) is 18.5. The fourth-order valence-electron chi connectivity index (χ4n) is 3.68. The van der Waals surface area contributed by atoms with Crippen LogP contribution in [0.4, 0.5) is 0 Å². The third-order valence-corrected chi connectivity index (χ3v) is 6.27. The molecule has 1 aromatic carbocycles. The summed E-state index contributed by atoms with van der Waals surface area (Å²) in [5.41, 5.74) is 2.39. The van der Waals surface area contributed by atoms with Crippen molar-refractivity contribution in [2.24, 2.45) is 12.1 Å². The molecule has 8 heteroatoms. The van der Waals surface area contributed by atoms with Gasteiger partial charge in [-0.15, -0.1) is 11.3 Å². The summed E-state index contributed by atoms with van der Waals surface area (Å²) in [7, 11) is 5.16. The molecule has 0 spiro atoms. The van der Waals surface area contributed by atoms with Gasteiger partial charge in [0.2, 0.25) is 0 Å². The lowest BCUT2D eigenvalue weighted by Gasteiger charge is -2.25. The average Bonchev–Trinajstić information content (AvgIpc) is 3.53. The first-order valence-electron chi connectivity index (χ1n) is 9.92. The SMILES string of the molecule is COc1ccc(C(=O)N(C)CC(=O)N2N=C(c3cccs3)CC2c2cccn2C)cc1. The van der Waals surface area contributed by atoms with E-state index in [1.54, 1.807) is 49.8 Å². The molecule has 7 nitrogen and oxygen atoms in total. The summed E-state index contributed by atoms with van der Waals surface area (Å²) >= 11 is 1.61. The Labute approximate surface area is 185 Å². The van der Waals surface area contributed by atoms with Crippen molar-refractivity contribution in [3.63, 3.8) is 0 Å². The van der Waals surface area contributed by atoms with E-state index in [0.29, 0.717) is 17.7 Å². The molecule has 3 heterocycles. The van der Waals surface area contributed by atoms with Crippen LogP contribution in [0.5, 0.6) is 5.75 Å². The molecule has 2 aromatic heterocycles. The molecule has 1 aliphatic heterocycles. The Morgan fingerprint density at radius 3 is 2.58 bits per heavy atom. The molecule has 0 aliphatic carbocycles. The van der Waals surface area contributed by atoms with Gasteiger partial charge >= 0.3 is 0 Å². The van der Waals surface area contributed by atoms with Crippen molar-refractivity contribution in [3.05, 3.63) is 76.2 Å². The molecular formula is C23H24N4O3S. The second-order valence-electron chi connectivity index (χ2n) is 7.42. The topological polar surface area (TPSA) is 67.1 Å². The molecule has 160 valence electrons. The average molecular weight is 437 g/mol. The first-order valence-corrected chi connectivity index (χ1v) is 10.8. The van der Waals surface area contributed by atoms with Crippen molar-refractivity contribution in [2.45, 2.75) is 12.5 Å². The third kappa shape index (κ3) is 4.25. The second kappa shape index (κ2) is 8.77. The minimum Gasteiger partial charge on any atom is -0.497 e. The van der Waals surface area contributed by atoms with Crippen LogP contribution >= 0.6 is 11.3 Å². The van der Waals surface area contributed by atoms with Gasteiger partial charge in [0.25, 0.3) is 11.8 Å². The van der Waals surface area contributed by atoms with E-state index in [2.05, 4.69) is 5.10 Å². The van der Waals surface area contributed by atoms with E-state index in [-0.39, 0.29) is 24.4 Å². The van der Waals surface area contributed by atoms with E-state index in [9.17, 15) is 9.59 Å². The van der Waals surface area contributed by atoms with Crippen molar-refractivity contribution in [2.75, 3.05) is 20.7 Å². The minimum absolute atomic E-state index is 0.0625. The van der Waals surface area contributed by atoms with Gasteiger partial charge in [-0.2, -0.15) is 5.10 Å². The highest BCUT2D eigenvalue weighted by Gasteiger charge is 2.35. The maximum Gasteiger partial charge on any atom is 0.262 e. The molecule has 1 atom stereocenters. The quantitative estimate of drug-likeness (QED) is 0.594. The van der Waals surface area contributed by atoms with Crippen LogP contribution in [0, 0.1) is 0 Å². The third-order valence-electron chi connectivity index (χ3n) is 5.35. The van der Waals surface area contributed by atoms with Crippen LogP contribution in [0.15, 0.2) is 65.2 Å². The number of nitrogens with zero attached hydrogens (tertiary/aromatic N) is 4. The highest BCUT2D eigenvalue weighted by atomic mass is 32.1. The fourth-order valence-corrected chi connectivity index (χ4v) is 4.40. The number of thiophene rings is 1. The van der Waals surface area contributed by atoms with Crippen LogP contribution in [0.3, 0.4) is 0 Å². The smallest absolute Gasteiger partial charge is 0.262 e. The highest BCUT2D eigenvalue weighted by Crippen LogP contribution is 2.34. The first kappa shape index (κ1) is 20.9. The van der Waals surface area contributed by atoms with Crippen LogP contribution in [0.25, 0.3) is 0 Å². The van der Waals surface area contributed by atoms with Crippen molar-refractivity contribution in [3.8, 4) is 5.75 Å². The van der Waals surface area contributed by atoms with Crippen LogP contribution in [0.1, 0.15) is 33.4 Å². The zero-order chi connectivity index (χ0) is 22.0. The number of hydrazone groups is 1. The summed E-state index contributed by atoms with van der Waals surface area (Å²) < 4.78 is 7.14. The van der Waals surface area contributed by atoms with E-state index in [4.69, 9.17) is 4.74 Å². The Bertz CT molecular complexity index is 1100. The van der Waals surface area contributed by atoms with Crippen molar-refractivity contribution in [1.82, 2.24) is 14.5 Å². The molecule has 2 amide bonds. The molecule has 0 fully saturated rings. The number of aromatic nitrogens is 1. The Morgan fingerprint density at radius 2 is 1.97 bits per heavy atom. The maximum atomic E-state index is 13.2. The number of benzene rings is 1. The van der Waals surface area contributed by atoms with Gasteiger partial charge in [-0.25, -0.2) is 5.01 Å². The van der Waals surface area contributed by atoms with Gasteiger partial charge < -0.3 is 14.2 Å². The largest absolute Gasteiger partial charge is 0.497 e. The van der Waals surface area contributed by atoms with Gasteiger partial charge in [-0.3, -0.25) is 9.59 Å². The van der Waals surface area contributed by atoms with Crippen LogP contribution < -0.4 is 4.74 Å². The number of rotatable bonds is 6. The lowest BCUT2D eigenvalue weighted by Crippen LogP contribution is -2.39. The van der Waals surface area contributed by atoms with Gasteiger partial charge in [0.1, 0.15) is 18.3 Å². The number of likely N-dealkylation sites (N-methyl/N-ethyl adjacent to an activating group) is 1. The van der Waals surface area contributed by atoms with Crippen LogP contribution in [-0.4, -0.2) is 52.7 Å². The van der Waals surface area contributed by atoms with E-state index in [1.807, 2.05) is 47.5 Å². The predicted molar refractivity (Wildman–Crippen MR) is 120 cm³/mol. The predicted octanol–water partition coefficient (Wildman–Crippen LogP) is 3.55. The Hall–Kier alpha value is -3.39. The van der Waals surface area contributed by atoms with Gasteiger partial charge in [0.15, 0.2) is 0 Å². The molecule has 0 saturated carbocycles. The van der Waals surface area contributed by atoms with Crippen molar-refractivity contribution >= 4 is 28.9 Å². The van der Waals surface area contributed by atoms with E-state index in [1.165, 1.54) is 9.91 Å². The number of hydrogen-bond acceptors (Lipinski definition) is 5. The van der Waals surface area contributed by atoms with Gasteiger partial charge in [-0.05, 0) is 47.8 Å². The number of carbonyl (C=O) groups is 2. The van der Waals surface area contributed by atoms with Gasteiger partial charge in [0, 0.05) is 38.0 Å². The highest BCUT2D eigenvalue weighted by molar-refractivity contribution is 7.12. The number of ether oxygens (including phenoxy) is 1. The summed E-state index contributed by atoms with van der Waals surface area (Å²) in [5.74, 6) is 0.225. The first-order chi connectivity index (χ1) is 15.0. The van der Waals surface area contributed by atoms with E-state index < -0.39 is 0 Å². The fraction of sp³-hybridized carbons (Fsp3) is 0.261. The molecule has 0 N–H and O–H groups in total. The number of aryl methyl sites for hydroxylation is 1. The summed E-state index contributed by atoms with van der Waals surface area (Å²) in [4.78, 5) is 28.5. The number of methoxy groups -OCH3 is 1. The van der Waals surface area contributed by atoms with Crippen LogP contribution in [-0.2, 0) is 11.8 Å². The van der Waals surface area contributed by atoms with Gasteiger partial charge in [0.05, 0.1) is 17.7 Å². The van der Waals surface area contributed by atoms with Crippen molar-refractivity contribution in [1.29, 1.82) is 0 Å². The number of carbonyl (C=O) groups excluding carboxylic acids is 2. The molecule has 0 saturated heterocycles. The Balaban J connectivity index is 1.53. The van der Waals surface area contributed by atoms with E-state index in [0.717, 1.165) is 16.3 Å². The summed E-state index contributed by atoms with van der Waals surface area (Å²) in [6.45, 7) is -0.0625. The Kier molecular flexibility index (Phi) is 5.90. The summed E-state index contributed by atoms with van der Waals surface area (Å²) in [5, 5.41) is 8.19. The zero-order valence-electron chi connectivity index (χ0n) is 17.7. The van der Waals surface area contributed by atoms with Crippen LogP contribution in [0.2, 0.25) is 0 Å². The number of amides is 2. The summed E-state index contributed by atoms with van der Waals surface area (Å²) in [6.07, 6.45) is 2.60. The number of hydrogen-bond donors (Lipinski definition) is 0. The van der Waals surface area contributed by atoms with E-state index >= 15 is 0 Å². The Morgan fingerprint density at radius 1 is 1.19 bits per heavy atom. The normalized spacial score (nSPS) is 15.6. The minimum atomic E-state index is -0.229. The molecule has 0 radical (unpaired) electrons. The monoisotopic (exact) mass is 436 g/mol. The lowest BCUT2D eigenvalue weighted by molar-refractivity contribution is -0.133. The second-order valence-corrected chi connectivity index (χ2v) is 8.36. The molecule has 4 rings (SSSR count). The molecule has 31 heavy (non-hydrogen) atoms. The molecule has 1 unspecified atom stereocenters. The van der Waals surface area contributed by atoms with Crippen molar-refractivity contribution < 1.29 is 14.3 Å². The van der Waals surface area contributed by atoms with Gasteiger partial charge in [-0.1, -0.05) is 6.07 Å². The molecule has 0 bridgehead atoms. The maximum absolute atomic E-state index is 13.2. The standard InChI is InChI=1S/C23H24N4O3S/c1-25-12-4-6-19(25)20-14-18(21-7-5-13-31-21)24-27(20)22(28)15-26(2)23(29)16-8-10-17(30-3)11-9-16/h4-13,20H,14-15H2,1-3H3. The molecular weight excluding hydrogens is 412 g/mol. The summed E-state index contributed by atoms with van der Waals surface area (Å²) in [6, 6.07) is 14.6. The molecule has 3 aromatic rings.